The third-order valence-electron chi connectivity index (χ3n) is 3.58. The summed E-state index contributed by atoms with van der Waals surface area (Å²) in [7, 11) is 1.39. The quantitative estimate of drug-likeness (QED) is 0.772. The molecule has 100 valence electrons. The molecule has 6 nitrogen and oxygen atoms in total. The Kier molecular flexibility index (Phi) is 3.79. The molecule has 0 saturated heterocycles. The molecule has 6 heteroatoms. The van der Waals surface area contributed by atoms with Crippen molar-refractivity contribution in [1.29, 1.82) is 0 Å². The molecule has 2 unspecified atom stereocenters. The van der Waals surface area contributed by atoms with Crippen LogP contribution in [0.15, 0.2) is 16.8 Å². The number of allylic oxidation sites excluding steroid dienone is 1. The van der Waals surface area contributed by atoms with E-state index in [0.29, 0.717) is 0 Å². The molecule has 0 aliphatic carbocycles. The highest BCUT2D eigenvalue weighted by Crippen LogP contribution is 2.45. The van der Waals surface area contributed by atoms with Crippen LogP contribution < -0.4 is 0 Å². The van der Waals surface area contributed by atoms with Gasteiger partial charge < -0.3 is 14.9 Å². The zero-order chi connectivity index (χ0) is 14.0. The summed E-state index contributed by atoms with van der Waals surface area (Å²) in [5.41, 5.74) is -3.27. The average Bonchev–Trinajstić information content (AvgIpc) is 2.36. The van der Waals surface area contributed by atoms with Crippen molar-refractivity contribution < 1.29 is 24.5 Å². The van der Waals surface area contributed by atoms with Gasteiger partial charge in [0.25, 0.3) is 0 Å². The average molecular weight is 255 g/mol. The number of carboxylic acid groups (broad SMARTS) is 2. The first-order valence-corrected chi connectivity index (χ1v) is 5.69. The van der Waals surface area contributed by atoms with Gasteiger partial charge in [-0.15, -0.1) is 0 Å². The summed E-state index contributed by atoms with van der Waals surface area (Å²) in [6.45, 7) is 3.25. The minimum absolute atomic E-state index is 0.0897. The molecule has 0 spiro atoms. The fourth-order valence-electron chi connectivity index (χ4n) is 2.39. The summed E-state index contributed by atoms with van der Waals surface area (Å²) in [5.74, 6) is -2.18. The maximum absolute atomic E-state index is 11.6. The summed E-state index contributed by atoms with van der Waals surface area (Å²) in [6.07, 6.45) is 2.83. The maximum atomic E-state index is 11.6. The minimum atomic E-state index is -1.68. The summed E-state index contributed by atoms with van der Waals surface area (Å²) in [6, 6.07) is 0. The molecule has 2 N–H and O–H groups in total. The van der Waals surface area contributed by atoms with Gasteiger partial charge in [0, 0.05) is 0 Å². The number of methoxy groups -OCH3 is 1. The number of hydrogen-bond acceptors (Lipinski definition) is 4. The first kappa shape index (κ1) is 14.2. The molecule has 0 aromatic rings. The third-order valence-corrected chi connectivity index (χ3v) is 3.58. The Morgan fingerprint density at radius 3 is 2.22 bits per heavy atom. The SMILES string of the molecule is CCC1(C(=O)O)C=C(OC)C=NC1(CC)C(=O)O. The van der Waals surface area contributed by atoms with Gasteiger partial charge >= 0.3 is 11.9 Å². The van der Waals surface area contributed by atoms with Gasteiger partial charge in [0.2, 0.25) is 0 Å². The van der Waals surface area contributed by atoms with Gasteiger partial charge in [-0.1, -0.05) is 13.8 Å². The highest BCUT2D eigenvalue weighted by Gasteiger charge is 2.60. The van der Waals surface area contributed by atoms with Crippen LogP contribution in [-0.2, 0) is 14.3 Å². The maximum Gasteiger partial charge on any atom is 0.333 e. The molecule has 0 aromatic heterocycles. The third kappa shape index (κ3) is 1.68. The van der Waals surface area contributed by atoms with Crippen molar-refractivity contribution in [3.63, 3.8) is 0 Å². The van der Waals surface area contributed by atoms with E-state index in [4.69, 9.17) is 4.74 Å². The Morgan fingerprint density at radius 2 is 1.89 bits per heavy atom. The van der Waals surface area contributed by atoms with Gasteiger partial charge in [-0.25, -0.2) is 4.79 Å². The van der Waals surface area contributed by atoms with E-state index in [2.05, 4.69) is 4.99 Å². The summed E-state index contributed by atoms with van der Waals surface area (Å²) in [4.78, 5) is 27.1. The topological polar surface area (TPSA) is 96.2 Å². The van der Waals surface area contributed by atoms with Gasteiger partial charge in [-0.2, -0.15) is 0 Å². The Bertz CT molecular complexity index is 428. The molecule has 1 aliphatic heterocycles. The Hall–Kier alpha value is -1.85. The van der Waals surface area contributed by atoms with Crippen LogP contribution in [0.4, 0.5) is 0 Å². The number of aliphatic carboxylic acids is 2. The predicted octanol–water partition coefficient (Wildman–Crippen LogP) is 1.32. The molecular formula is C12H17NO5. The fourth-order valence-corrected chi connectivity index (χ4v) is 2.39. The molecule has 18 heavy (non-hydrogen) atoms. The molecule has 0 aromatic carbocycles. The Balaban J connectivity index is 3.53. The first-order valence-electron chi connectivity index (χ1n) is 5.69. The Morgan fingerprint density at radius 1 is 1.28 bits per heavy atom. The largest absolute Gasteiger partial charge is 0.495 e. The van der Waals surface area contributed by atoms with E-state index < -0.39 is 22.9 Å². The molecule has 1 rings (SSSR count). The number of hydrogen-bond donors (Lipinski definition) is 2. The van der Waals surface area contributed by atoms with Crippen molar-refractivity contribution >= 4 is 18.2 Å². The normalized spacial score (nSPS) is 30.7. The summed E-state index contributed by atoms with van der Waals surface area (Å²) in [5, 5.41) is 18.9. The first-order chi connectivity index (χ1) is 8.40. The molecule has 1 aliphatic rings. The molecular weight excluding hydrogens is 238 g/mol. The fraction of sp³-hybridized carbons (Fsp3) is 0.583. The standard InChI is InChI=1S/C12H17NO5/c1-4-11(9(14)15)6-8(18-3)7-13-12(11,5-2)10(16)17/h6-7H,4-5H2,1-3H3,(H,14,15)(H,16,17). The monoisotopic (exact) mass is 255 g/mol. The van der Waals surface area contributed by atoms with Crippen molar-refractivity contribution in [3.05, 3.63) is 11.8 Å². The number of dihydropyridines is 1. The van der Waals surface area contributed by atoms with E-state index in [9.17, 15) is 19.8 Å². The number of carbonyl (C=O) groups is 2. The van der Waals surface area contributed by atoms with Crippen molar-refractivity contribution in [1.82, 2.24) is 0 Å². The van der Waals surface area contributed by atoms with Crippen LogP contribution in [0.1, 0.15) is 26.7 Å². The molecule has 0 amide bonds. The molecule has 2 atom stereocenters. The molecule has 0 radical (unpaired) electrons. The highest BCUT2D eigenvalue weighted by atomic mass is 16.5. The zero-order valence-electron chi connectivity index (χ0n) is 10.6. The van der Waals surface area contributed by atoms with Gasteiger partial charge in [0.05, 0.1) is 13.3 Å². The molecule has 1 heterocycles. The second kappa shape index (κ2) is 4.80. The van der Waals surface area contributed by atoms with Gasteiger partial charge in [-0.05, 0) is 18.9 Å². The number of ether oxygens (including phenoxy) is 1. The highest BCUT2D eigenvalue weighted by molar-refractivity contribution is 5.96. The lowest BCUT2D eigenvalue weighted by Gasteiger charge is -2.41. The van der Waals surface area contributed by atoms with Gasteiger partial charge in [0.15, 0.2) is 5.54 Å². The predicted molar refractivity (Wildman–Crippen MR) is 64.6 cm³/mol. The number of rotatable bonds is 5. The van der Waals surface area contributed by atoms with E-state index in [0.717, 1.165) is 0 Å². The van der Waals surface area contributed by atoms with E-state index in [1.165, 1.54) is 19.4 Å². The minimum Gasteiger partial charge on any atom is -0.495 e. The van der Waals surface area contributed by atoms with Crippen LogP contribution >= 0.6 is 0 Å². The van der Waals surface area contributed by atoms with Crippen molar-refractivity contribution in [2.75, 3.05) is 7.11 Å². The molecule has 0 fully saturated rings. The van der Waals surface area contributed by atoms with Crippen molar-refractivity contribution in [2.24, 2.45) is 10.4 Å². The van der Waals surface area contributed by atoms with E-state index in [1.807, 2.05) is 0 Å². The molecule has 0 saturated carbocycles. The van der Waals surface area contributed by atoms with Crippen molar-refractivity contribution in [2.45, 2.75) is 32.2 Å². The van der Waals surface area contributed by atoms with Crippen LogP contribution in [0.3, 0.4) is 0 Å². The number of carboxylic acids is 2. The van der Waals surface area contributed by atoms with Crippen LogP contribution in [-0.4, -0.2) is 41.0 Å². The number of aliphatic imine (C=N–C) groups is 1. The number of nitrogens with zero attached hydrogens (tertiary/aromatic N) is 1. The van der Waals surface area contributed by atoms with Gasteiger partial charge in [0.1, 0.15) is 11.2 Å². The van der Waals surface area contributed by atoms with E-state index >= 15 is 0 Å². The van der Waals surface area contributed by atoms with Crippen LogP contribution in [0, 0.1) is 5.41 Å². The lowest BCUT2D eigenvalue weighted by Crippen LogP contribution is -2.57. The lowest BCUT2D eigenvalue weighted by atomic mass is 9.65. The zero-order valence-corrected chi connectivity index (χ0v) is 10.6. The van der Waals surface area contributed by atoms with E-state index in [-0.39, 0.29) is 18.6 Å². The smallest absolute Gasteiger partial charge is 0.333 e. The van der Waals surface area contributed by atoms with Crippen LogP contribution in [0.2, 0.25) is 0 Å². The van der Waals surface area contributed by atoms with Crippen LogP contribution in [0.25, 0.3) is 0 Å². The summed E-state index contributed by atoms with van der Waals surface area (Å²) >= 11 is 0. The second-order valence-electron chi connectivity index (χ2n) is 4.16. The van der Waals surface area contributed by atoms with E-state index in [1.54, 1.807) is 13.8 Å². The summed E-state index contributed by atoms with van der Waals surface area (Å²) < 4.78 is 4.97. The Labute approximate surface area is 105 Å². The van der Waals surface area contributed by atoms with Crippen molar-refractivity contribution in [3.8, 4) is 0 Å². The molecule has 0 bridgehead atoms. The lowest BCUT2D eigenvalue weighted by molar-refractivity contribution is -0.161. The van der Waals surface area contributed by atoms with Gasteiger partial charge in [-0.3, -0.25) is 9.79 Å². The van der Waals surface area contributed by atoms with Crippen LogP contribution in [0.5, 0.6) is 0 Å². The second-order valence-corrected chi connectivity index (χ2v) is 4.16.